The van der Waals surface area contributed by atoms with Gasteiger partial charge in [0.25, 0.3) is 0 Å². The summed E-state index contributed by atoms with van der Waals surface area (Å²) in [6.07, 6.45) is 4.06. The van der Waals surface area contributed by atoms with Crippen LogP contribution in [0.2, 0.25) is 0 Å². The second-order valence-electron chi connectivity index (χ2n) is 8.90. The molecule has 1 atom stereocenters. The highest BCUT2D eigenvalue weighted by atomic mass is 16.4. The molecule has 0 spiro atoms. The number of amides is 2. The van der Waals surface area contributed by atoms with E-state index in [0.29, 0.717) is 38.3 Å². The van der Waals surface area contributed by atoms with Crippen molar-refractivity contribution in [1.82, 2.24) is 10.2 Å². The van der Waals surface area contributed by atoms with Crippen LogP contribution in [-0.4, -0.2) is 46.4 Å². The van der Waals surface area contributed by atoms with Gasteiger partial charge in [-0.25, -0.2) is 4.79 Å². The van der Waals surface area contributed by atoms with Gasteiger partial charge in [0.15, 0.2) is 0 Å². The maximum atomic E-state index is 12.8. The lowest BCUT2D eigenvalue weighted by Gasteiger charge is -2.40. The van der Waals surface area contributed by atoms with Gasteiger partial charge in [-0.2, -0.15) is 0 Å². The number of carbonyl (C=O) groups is 3. The molecule has 1 aliphatic heterocycles. The van der Waals surface area contributed by atoms with Crippen LogP contribution >= 0.6 is 0 Å². The number of nitrogens with zero attached hydrogens (tertiary/aromatic N) is 1. The second-order valence-corrected chi connectivity index (χ2v) is 8.90. The standard InChI is InChI=1S/C19H32N2O4/c1-13-7-9-19(10-8-13,17(24)25)20-15(22)14-6-5-11-21(12-14)16(23)18(2,3)4/h13-14H,5-12H2,1-4H3,(H,20,22)(H,24,25). The molecule has 0 aromatic heterocycles. The number of nitrogens with one attached hydrogen (secondary N) is 1. The number of likely N-dealkylation sites (tertiary alicyclic amines) is 1. The summed E-state index contributed by atoms with van der Waals surface area (Å²) in [5.74, 6) is -0.937. The zero-order valence-electron chi connectivity index (χ0n) is 15.9. The van der Waals surface area contributed by atoms with Gasteiger partial charge in [0.2, 0.25) is 11.8 Å². The summed E-state index contributed by atoms with van der Waals surface area (Å²) in [7, 11) is 0. The van der Waals surface area contributed by atoms with E-state index in [2.05, 4.69) is 12.2 Å². The minimum atomic E-state index is -1.14. The SMILES string of the molecule is CC1CCC(NC(=O)C2CCCN(C(=O)C(C)(C)C)C2)(C(=O)O)CC1. The molecule has 142 valence electrons. The number of piperidine rings is 1. The molecule has 25 heavy (non-hydrogen) atoms. The highest BCUT2D eigenvalue weighted by Crippen LogP contribution is 2.33. The van der Waals surface area contributed by atoms with Gasteiger partial charge in [-0.15, -0.1) is 0 Å². The number of aliphatic carboxylic acids is 1. The van der Waals surface area contributed by atoms with E-state index in [1.807, 2.05) is 20.8 Å². The lowest BCUT2D eigenvalue weighted by molar-refractivity contribution is -0.151. The summed E-state index contributed by atoms with van der Waals surface area (Å²) in [6, 6.07) is 0. The van der Waals surface area contributed by atoms with Crippen molar-refractivity contribution in [2.24, 2.45) is 17.3 Å². The van der Waals surface area contributed by atoms with Crippen LogP contribution in [0.25, 0.3) is 0 Å². The zero-order valence-corrected chi connectivity index (χ0v) is 15.9. The van der Waals surface area contributed by atoms with Crippen LogP contribution in [-0.2, 0) is 14.4 Å². The first-order valence-corrected chi connectivity index (χ1v) is 9.40. The Kier molecular flexibility index (Phi) is 5.79. The van der Waals surface area contributed by atoms with Crippen LogP contribution in [0, 0.1) is 17.3 Å². The van der Waals surface area contributed by atoms with Gasteiger partial charge in [0, 0.05) is 18.5 Å². The molecular formula is C19H32N2O4. The maximum absolute atomic E-state index is 12.8. The smallest absolute Gasteiger partial charge is 0.329 e. The Balaban J connectivity index is 2.04. The molecule has 0 aromatic rings. The Morgan fingerprint density at radius 2 is 1.72 bits per heavy atom. The molecule has 2 N–H and O–H groups in total. The molecule has 1 heterocycles. The van der Waals surface area contributed by atoms with Crippen LogP contribution < -0.4 is 5.32 Å². The van der Waals surface area contributed by atoms with Crippen molar-refractivity contribution in [1.29, 1.82) is 0 Å². The van der Waals surface area contributed by atoms with Crippen molar-refractivity contribution in [3.05, 3.63) is 0 Å². The largest absolute Gasteiger partial charge is 0.480 e. The summed E-state index contributed by atoms with van der Waals surface area (Å²) >= 11 is 0. The molecule has 0 radical (unpaired) electrons. The van der Waals surface area contributed by atoms with Gasteiger partial charge in [0.05, 0.1) is 5.92 Å². The molecule has 2 amide bonds. The highest BCUT2D eigenvalue weighted by molar-refractivity contribution is 5.89. The number of carboxylic acid groups (broad SMARTS) is 1. The molecule has 0 aromatic carbocycles. The molecule has 6 heteroatoms. The summed E-state index contributed by atoms with van der Waals surface area (Å²) in [6.45, 7) is 8.80. The van der Waals surface area contributed by atoms with Gasteiger partial charge in [-0.05, 0) is 44.4 Å². The third-order valence-electron chi connectivity index (χ3n) is 5.62. The van der Waals surface area contributed by atoms with Gasteiger partial charge < -0.3 is 15.3 Å². The van der Waals surface area contributed by atoms with Crippen LogP contribution in [0.1, 0.15) is 66.2 Å². The van der Waals surface area contributed by atoms with Crippen LogP contribution in [0.15, 0.2) is 0 Å². The predicted octanol–water partition coefficient (Wildman–Crippen LogP) is 2.42. The average Bonchev–Trinajstić information content (AvgIpc) is 2.55. The van der Waals surface area contributed by atoms with Crippen LogP contribution in [0.4, 0.5) is 0 Å². The number of hydrogen-bond acceptors (Lipinski definition) is 3. The number of rotatable bonds is 3. The van der Waals surface area contributed by atoms with Crippen molar-refractivity contribution in [2.75, 3.05) is 13.1 Å². The van der Waals surface area contributed by atoms with E-state index in [0.717, 1.165) is 19.3 Å². The molecule has 2 aliphatic rings. The Bertz CT molecular complexity index is 530. The van der Waals surface area contributed by atoms with Crippen LogP contribution in [0.3, 0.4) is 0 Å². The lowest BCUT2D eigenvalue weighted by Crippen LogP contribution is -2.59. The van der Waals surface area contributed by atoms with Gasteiger partial charge >= 0.3 is 5.97 Å². The van der Waals surface area contributed by atoms with E-state index in [1.54, 1.807) is 4.90 Å². The summed E-state index contributed by atoms with van der Waals surface area (Å²) in [5.41, 5.74) is -1.61. The Labute approximate surface area is 150 Å². The Morgan fingerprint density at radius 1 is 1.12 bits per heavy atom. The van der Waals surface area contributed by atoms with Crippen LogP contribution in [0.5, 0.6) is 0 Å². The normalized spacial score (nSPS) is 30.6. The molecule has 1 saturated carbocycles. The summed E-state index contributed by atoms with van der Waals surface area (Å²) in [4.78, 5) is 38.8. The van der Waals surface area contributed by atoms with E-state index in [4.69, 9.17) is 0 Å². The molecule has 6 nitrogen and oxygen atoms in total. The average molecular weight is 352 g/mol. The quantitative estimate of drug-likeness (QED) is 0.817. The van der Waals surface area contributed by atoms with Crippen molar-refractivity contribution >= 4 is 17.8 Å². The van der Waals surface area contributed by atoms with E-state index < -0.39 is 16.9 Å². The first-order valence-electron chi connectivity index (χ1n) is 9.40. The third-order valence-corrected chi connectivity index (χ3v) is 5.62. The highest BCUT2D eigenvalue weighted by Gasteiger charge is 2.44. The predicted molar refractivity (Wildman–Crippen MR) is 94.9 cm³/mol. The lowest BCUT2D eigenvalue weighted by atomic mass is 9.76. The molecule has 1 unspecified atom stereocenters. The Morgan fingerprint density at radius 3 is 2.24 bits per heavy atom. The minimum Gasteiger partial charge on any atom is -0.480 e. The fraction of sp³-hybridized carbons (Fsp3) is 0.842. The number of carboxylic acids is 1. The van der Waals surface area contributed by atoms with Gasteiger partial charge in [0.1, 0.15) is 5.54 Å². The maximum Gasteiger partial charge on any atom is 0.329 e. The van der Waals surface area contributed by atoms with E-state index in [-0.39, 0.29) is 17.7 Å². The number of carbonyl (C=O) groups excluding carboxylic acids is 2. The van der Waals surface area contributed by atoms with E-state index in [1.165, 1.54) is 0 Å². The molecule has 2 rings (SSSR count). The van der Waals surface area contributed by atoms with Crippen molar-refractivity contribution in [3.8, 4) is 0 Å². The van der Waals surface area contributed by atoms with Crippen molar-refractivity contribution in [3.63, 3.8) is 0 Å². The molecular weight excluding hydrogens is 320 g/mol. The molecule has 2 fully saturated rings. The summed E-state index contributed by atoms with van der Waals surface area (Å²) < 4.78 is 0. The fourth-order valence-corrected chi connectivity index (χ4v) is 3.84. The second kappa shape index (κ2) is 7.34. The van der Waals surface area contributed by atoms with Crippen molar-refractivity contribution in [2.45, 2.75) is 71.8 Å². The first kappa shape index (κ1) is 19.7. The van der Waals surface area contributed by atoms with E-state index >= 15 is 0 Å². The monoisotopic (exact) mass is 352 g/mol. The fourth-order valence-electron chi connectivity index (χ4n) is 3.84. The van der Waals surface area contributed by atoms with Gasteiger partial charge in [-0.3, -0.25) is 9.59 Å². The molecule has 1 saturated heterocycles. The van der Waals surface area contributed by atoms with Gasteiger partial charge in [-0.1, -0.05) is 27.7 Å². The van der Waals surface area contributed by atoms with E-state index in [9.17, 15) is 19.5 Å². The topological polar surface area (TPSA) is 86.7 Å². The Hall–Kier alpha value is -1.59. The first-order chi connectivity index (χ1) is 11.5. The van der Waals surface area contributed by atoms with Crippen molar-refractivity contribution < 1.29 is 19.5 Å². The minimum absolute atomic E-state index is 0.0458. The summed E-state index contributed by atoms with van der Waals surface area (Å²) in [5, 5.41) is 12.5. The zero-order chi connectivity index (χ0) is 18.8. The third kappa shape index (κ3) is 4.53. The number of hydrogen-bond donors (Lipinski definition) is 2. The molecule has 0 bridgehead atoms. The molecule has 1 aliphatic carbocycles.